The van der Waals surface area contributed by atoms with Crippen LogP contribution in [-0.4, -0.2) is 42.8 Å². The van der Waals surface area contributed by atoms with E-state index in [0.29, 0.717) is 17.4 Å². The summed E-state index contributed by atoms with van der Waals surface area (Å²) in [6, 6.07) is 3.33. The summed E-state index contributed by atoms with van der Waals surface area (Å²) < 4.78 is 10.8. The predicted molar refractivity (Wildman–Crippen MR) is 85.9 cm³/mol. The van der Waals surface area contributed by atoms with Gasteiger partial charge in [0.05, 0.1) is 16.6 Å². The molecule has 1 unspecified atom stereocenters. The van der Waals surface area contributed by atoms with Gasteiger partial charge in [0.25, 0.3) is 5.69 Å². The molecule has 1 aromatic carbocycles. The zero-order valence-electron chi connectivity index (χ0n) is 13.6. The van der Waals surface area contributed by atoms with Crippen molar-refractivity contribution < 1.29 is 14.4 Å². The normalized spacial score (nSPS) is 20.3. The molecule has 1 saturated heterocycles. The van der Waals surface area contributed by atoms with Crippen LogP contribution in [0.15, 0.2) is 12.1 Å². The lowest BCUT2D eigenvalue weighted by Crippen LogP contribution is -2.46. The van der Waals surface area contributed by atoms with E-state index in [9.17, 15) is 10.1 Å². The lowest BCUT2D eigenvalue weighted by atomic mass is 9.89. The molecule has 0 radical (unpaired) electrons. The van der Waals surface area contributed by atoms with Crippen molar-refractivity contribution in [2.24, 2.45) is 5.92 Å². The number of hydrogen-bond acceptors (Lipinski definition) is 6. The highest BCUT2D eigenvalue weighted by Crippen LogP contribution is 2.44. The summed E-state index contributed by atoms with van der Waals surface area (Å²) in [4.78, 5) is 13.6. The lowest BCUT2D eigenvalue weighted by molar-refractivity contribution is -0.386. The summed E-state index contributed by atoms with van der Waals surface area (Å²) in [5.74, 6) is 1.38. The molecule has 1 aromatic rings. The summed E-state index contributed by atoms with van der Waals surface area (Å²) >= 11 is 0. The largest absolute Gasteiger partial charge is 0.454 e. The van der Waals surface area contributed by atoms with Gasteiger partial charge in [-0.05, 0) is 12.0 Å². The molecule has 1 N–H and O–H groups in total. The predicted octanol–water partition coefficient (Wildman–Crippen LogP) is 2.32. The number of piperazine rings is 1. The fourth-order valence-corrected chi connectivity index (χ4v) is 3.39. The average Bonchev–Trinajstić information content (AvgIpc) is 3.02. The minimum atomic E-state index is -0.311. The third kappa shape index (κ3) is 3.11. The zero-order chi connectivity index (χ0) is 16.4. The van der Waals surface area contributed by atoms with Crippen molar-refractivity contribution in [3.63, 3.8) is 0 Å². The van der Waals surface area contributed by atoms with Crippen LogP contribution in [0.4, 0.5) is 5.69 Å². The van der Waals surface area contributed by atoms with E-state index >= 15 is 0 Å². The topological polar surface area (TPSA) is 76.9 Å². The van der Waals surface area contributed by atoms with Crippen molar-refractivity contribution in [2.75, 3.05) is 33.0 Å². The lowest BCUT2D eigenvalue weighted by Gasteiger charge is -2.38. The molecule has 2 aliphatic heterocycles. The molecule has 7 nitrogen and oxygen atoms in total. The highest BCUT2D eigenvalue weighted by molar-refractivity contribution is 5.56. The Morgan fingerprint density at radius 1 is 1.30 bits per heavy atom. The number of fused-ring (bicyclic) bond motifs is 1. The first-order valence-corrected chi connectivity index (χ1v) is 8.14. The van der Waals surface area contributed by atoms with Crippen LogP contribution in [0.3, 0.4) is 0 Å². The Labute approximate surface area is 135 Å². The van der Waals surface area contributed by atoms with Crippen molar-refractivity contribution >= 4 is 5.69 Å². The van der Waals surface area contributed by atoms with Gasteiger partial charge in [-0.25, -0.2) is 0 Å². The van der Waals surface area contributed by atoms with Crippen LogP contribution in [-0.2, 0) is 0 Å². The SMILES string of the molecule is CCC(C)[C@H](c1cc2c(cc1[N+](=O)[O-])OCO2)N1CCNCC1. The van der Waals surface area contributed by atoms with Gasteiger partial charge in [-0.15, -0.1) is 0 Å². The molecule has 3 rings (SSSR count). The molecule has 2 aliphatic rings. The maximum atomic E-state index is 11.6. The van der Waals surface area contributed by atoms with Gasteiger partial charge in [-0.3, -0.25) is 15.0 Å². The third-order valence-electron chi connectivity index (χ3n) is 4.77. The Bertz CT molecular complexity index is 587. The molecular formula is C16H23N3O4. The molecule has 0 saturated carbocycles. The van der Waals surface area contributed by atoms with Gasteiger partial charge in [0, 0.05) is 32.2 Å². The maximum absolute atomic E-state index is 11.6. The molecule has 1 fully saturated rings. The maximum Gasteiger partial charge on any atom is 0.278 e. The third-order valence-corrected chi connectivity index (χ3v) is 4.77. The van der Waals surface area contributed by atoms with E-state index in [1.807, 2.05) is 0 Å². The Balaban J connectivity index is 2.05. The van der Waals surface area contributed by atoms with Crippen LogP contribution in [0.5, 0.6) is 11.5 Å². The summed E-state index contributed by atoms with van der Waals surface area (Å²) in [5.41, 5.74) is 0.855. The number of nitro groups is 1. The van der Waals surface area contributed by atoms with E-state index in [1.165, 1.54) is 6.07 Å². The van der Waals surface area contributed by atoms with Crippen molar-refractivity contribution in [3.05, 3.63) is 27.8 Å². The van der Waals surface area contributed by atoms with Crippen LogP contribution in [0, 0.1) is 16.0 Å². The first-order valence-electron chi connectivity index (χ1n) is 8.14. The number of nitro benzene ring substituents is 1. The smallest absolute Gasteiger partial charge is 0.278 e. The monoisotopic (exact) mass is 321 g/mol. The van der Waals surface area contributed by atoms with E-state index in [1.54, 1.807) is 6.07 Å². The van der Waals surface area contributed by atoms with Crippen molar-refractivity contribution in [1.82, 2.24) is 10.2 Å². The van der Waals surface area contributed by atoms with E-state index in [-0.39, 0.29) is 23.4 Å². The summed E-state index contributed by atoms with van der Waals surface area (Å²) in [6.45, 7) is 8.00. The molecule has 0 amide bonds. The average molecular weight is 321 g/mol. The van der Waals surface area contributed by atoms with E-state index in [2.05, 4.69) is 24.1 Å². The van der Waals surface area contributed by atoms with Gasteiger partial charge < -0.3 is 14.8 Å². The number of nitrogens with zero attached hydrogens (tertiary/aromatic N) is 2. The van der Waals surface area contributed by atoms with Crippen LogP contribution < -0.4 is 14.8 Å². The molecule has 23 heavy (non-hydrogen) atoms. The van der Waals surface area contributed by atoms with Crippen LogP contribution in [0.2, 0.25) is 0 Å². The molecule has 2 heterocycles. The number of hydrogen-bond donors (Lipinski definition) is 1. The summed E-state index contributed by atoms with van der Waals surface area (Å²) in [5, 5.41) is 14.9. The quantitative estimate of drug-likeness (QED) is 0.662. The number of nitrogens with one attached hydrogen (secondary N) is 1. The van der Waals surface area contributed by atoms with Gasteiger partial charge in [0.15, 0.2) is 11.5 Å². The summed E-state index contributed by atoms with van der Waals surface area (Å²) in [7, 11) is 0. The van der Waals surface area contributed by atoms with Crippen LogP contribution in [0.25, 0.3) is 0 Å². The standard InChI is InChI=1S/C16H23N3O4/c1-3-11(2)16(18-6-4-17-5-7-18)12-8-14-15(23-10-22-14)9-13(12)19(20)21/h8-9,11,16-17H,3-7,10H2,1-2H3/t11?,16-/m1/s1. The fourth-order valence-electron chi connectivity index (χ4n) is 3.39. The highest BCUT2D eigenvalue weighted by atomic mass is 16.7. The first-order chi connectivity index (χ1) is 11.1. The molecular weight excluding hydrogens is 298 g/mol. The first kappa shape index (κ1) is 16.0. The van der Waals surface area contributed by atoms with Crippen LogP contribution >= 0.6 is 0 Å². The Morgan fingerprint density at radius 2 is 1.96 bits per heavy atom. The van der Waals surface area contributed by atoms with Gasteiger partial charge >= 0.3 is 0 Å². The Hall–Kier alpha value is -1.86. The molecule has 0 aromatic heterocycles. The molecule has 7 heteroatoms. The Kier molecular flexibility index (Phi) is 4.68. The van der Waals surface area contributed by atoms with Gasteiger partial charge in [0.2, 0.25) is 6.79 Å². The number of ether oxygens (including phenoxy) is 2. The number of rotatable bonds is 5. The second kappa shape index (κ2) is 6.72. The van der Waals surface area contributed by atoms with Crippen molar-refractivity contribution in [1.29, 1.82) is 0 Å². The zero-order valence-corrected chi connectivity index (χ0v) is 13.6. The molecule has 0 spiro atoms. The van der Waals surface area contributed by atoms with Crippen LogP contribution in [0.1, 0.15) is 31.9 Å². The fraction of sp³-hybridized carbons (Fsp3) is 0.625. The van der Waals surface area contributed by atoms with E-state index in [4.69, 9.17) is 9.47 Å². The van der Waals surface area contributed by atoms with Crippen molar-refractivity contribution in [3.8, 4) is 11.5 Å². The van der Waals surface area contributed by atoms with Gasteiger partial charge in [0.1, 0.15) is 0 Å². The molecule has 126 valence electrons. The van der Waals surface area contributed by atoms with Crippen molar-refractivity contribution in [2.45, 2.75) is 26.3 Å². The molecule has 0 bridgehead atoms. The van der Waals surface area contributed by atoms with Gasteiger partial charge in [-0.2, -0.15) is 0 Å². The highest BCUT2D eigenvalue weighted by Gasteiger charge is 2.34. The second-order valence-corrected chi connectivity index (χ2v) is 6.14. The summed E-state index contributed by atoms with van der Waals surface area (Å²) in [6.07, 6.45) is 0.959. The molecule has 2 atom stereocenters. The Morgan fingerprint density at radius 3 is 2.57 bits per heavy atom. The van der Waals surface area contributed by atoms with E-state index < -0.39 is 0 Å². The minimum absolute atomic E-state index is 0.0111. The number of benzene rings is 1. The second-order valence-electron chi connectivity index (χ2n) is 6.14. The molecule has 0 aliphatic carbocycles. The van der Waals surface area contributed by atoms with E-state index in [0.717, 1.165) is 38.2 Å². The minimum Gasteiger partial charge on any atom is -0.454 e. The van der Waals surface area contributed by atoms with Gasteiger partial charge in [-0.1, -0.05) is 20.3 Å².